The van der Waals surface area contributed by atoms with Gasteiger partial charge in [-0.3, -0.25) is 4.79 Å². The molecule has 1 aromatic carbocycles. The van der Waals surface area contributed by atoms with Gasteiger partial charge in [0.15, 0.2) is 6.61 Å². The van der Waals surface area contributed by atoms with E-state index in [2.05, 4.69) is 12.2 Å². The Balaban J connectivity index is 1.79. The molecule has 0 heterocycles. The number of rotatable bonds is 4. The quantitative estimate of drug-likeness (QED) is 0.845. The number of amides is 1. The van der Waals surface area contributed by atoms with E-state index in [1.165, 1.54) is 12.1 Å². The summed E-state index contributed by atoms with van der Waals surface area (Å²) in [5, 5.41) is 3.54. The van der Waals surface area contributed by atoms with Crippen molar-refractivity contribution >= 4 is 35.1 Å². The zero-order chi connectivity index (χ0) is 16.1. The summed E-state index contributed by atoms with van der Waals surface area (Å²) in [6, 6.07) is 4.67. The molecule has 0 bridgehead atoms. The number of ether oxygens (including phenoxy) is 1. The largest absolute Gasteiger partial charge is 0.452 e. The van der Waals surface area contributed by atoms with Crippen LogP contribution in [-0.4, -0.2) is 24.5 Å². The summed E-state index contributed by atoms with van der Waals surface area (Å²) in [4.78, 5) is 23.7. The van der Waals surface area contributed by atoms with Crippen LogP contribution in [0.15, 0.2) is 18.2 Å². The lowest BCUT2D eigenvalue weighted by Gasteiger charge is -2.26. The SMILES string of the molecule is CC1CCC(NC(=O)COC(=O)c2ccc(Cl)cc2Cl)CC1. The minimum Gasteiger partial charge on any atom is -0.452 e. The smallest absolute Gasteiger partial charge is 0.340 e. The van der Waals surface area contributed by atoms with Crippen molar-refractivity contribution in [1.29, 1.82) is 0 Å². The standard InChI is InChI=1S/C16H19Cl2NO3/c1-10-2-5-12(6-3-10)19-15(20)9-22-16(21)13-7-4-11(17)8-14(13)18/h4,7-8,10,12H,2-3,5-6,9H2,1H3,(H,19,20). The average molecular weight is 344 g/mol. The van der Waals surface area contributed by atoms with Gasteiger partial charge in [-0.2, -0.15) is 0 Å². The normalized spacial score (nSPS) is 21.2. The molecule has 0 radical (unpaired) electrons. The average Bonchev–Trinajstić information content (AvgIpc) is 2.47. The maximum absolute atomic E-state index is 11.9. The minimum absolute atomic E-state index is 0.182. The van der Waals surface area contributed by atoms with Crippen molar-refractivity contribution < 1.29 is 14.3 Å². The lowest BCUT2D eigenvalue weighted by atomic mass is 9.87. The first-order valence-electron chi connectivity index (χ1n) is 7.37. The molecular formula is C16H19Cl2NO3. The second-order valence-electron chi connectivity index (χ2n) is 5.72. The molecule has 0 atom stereocenters. The van der Waals surface area contributed by atoms with Gasteiger partial charge in [-0.05, 0) is 49.8 Å². The number of nitrogens with one attached hydrogen (secondary N) is 1. The van der Waals surface area contributed by atoms with Gasteiger partial charge in [0.05, 0.1) is 10.6 Å². The Labute approximate surface area is 140 Å². The summed E-state index contributed by atoms with van der Waals surface area (Å²) in [5.41, 5.74) is 0.199. The van der Waals surface area contributed by atoms with E-state index < -0.39 is 5.97 Å². The van der Waals surface area contributed by atoms with Gasteiger partial charge >= 0.3 is 5.97 Å². The van der Waals surface area contributed by atoms with E-state index in [-0.39, 0.29) is 29.1 Å². The third-order valence-electron chi connectivity index (χ3n) is 3.87. The molecule has 1 N–H and O–H groups in total. The van der Waals surface area contributed by atoms with Gasteiger partial charge in [-0.15, -0.1) is 0 Å². The molecule has 1 saturated carbocycles. The summed E-state index contributed by atoms with van der Waals surface area (Å²) in [6.45, 7) is 1.92. The zero-order valence-corrected chi connectivity index (χ0v) is 13.9. The van der Waals surface area contributed by atoms with Crippen molar-refractivity contribution in [3.8, 4) is 0 Å². The predicted molar refractivity (Wildman–Crippen MR) is 86.3 cm³/mol. The van der Waals surface area contributed by atoms with Gasteiger partial charge in [0.25, 0.3) is 5.91 Å². The molecule has 6 heteroatoms. The first kappa shape index (κ1) is 17.1. The van der Waals surface area contributed by atoms with E-state index in [0.717, 1.165) is 31.6 Å². The molecule has 1 aliphatic rings. The summed E-state index contributed by atoms with van der Waals surface area (Å²) in [7, 11) is 0. The van der Waals surface area contributed by atoms with Crippen molar-refractivity contribution in [1.82, 2.24) is 5.32 Å². The highest BCUT2D eigenvalue weighted by Crippen LogP contribution is 2.23. The molecule has 22 heavy (non-hydrogen) atoms. The summed E-state index contributed by atoms with van der Waals surface area (Å²) >= 11 is 11.7. The molecule has 0 aliphatic heterocycles. The Morgan fingerprint density at radius 1 is 1.23 bits per heavy atom. The van der Waals surface area contributed by atoms with Crippen LogP contribution in [0.2, 0.25) is 10.0 Å². The number of carbonyl (C=O) groups is 2. The number of hydrogen-bond donors (Lipinski definition) is 1. The zero-order valence-electron chi connectivity index (χ0n) is 12.4. The third-order valence-corrected chi connectivity index (χ3v) is 4.41. The molecular weight excluding hydrogens is 325 g/mol. The molecule has 0 spiro atoms. The number of halogens is 2. The Morgan fingerprint density at radius 2 is 1.91 bits per heavy atom. The van der Waals surface area contributed by atoms with Crippen molar-refractivity contribution in [2.24, 2.45) is 5.92 Å². The molecule has 0 unspecified atom stereocenters. The van der Waals surface area contributed by atoms with Crippen LogP contribution in [0, 0.1) is 5.92 Å². The van der Waals surface area contributed by atoms with Gasteiger partial charge < -0.3 is 10.1 Å². The molecule has 120 valence electrons. The van der Waals surface area contributed by atoms with E-state index in [1.54, 1.807) is 6.07 Å². The van der Waals surface area contributed by atoms with Crippen molar-refractivity contribution in [3.63, 3.8) is 0 Å². The van der Waals surface area contributed by atoms with Gasteiger partial charge in [0.2, 0.25) is 0 Å². The molecule has 1 aliphatic carbocycles. The molecule has 1 amide bonds. The Bertz CT molecular complexity index is 554. The minimum atomic E-state index is -0.630. The molecule has 2 rings (SSSR count). The maximum atomic E-state index is 11.9. The highest BCUT2D eigenvalue weighted by atomic mass is 35.5. The molecule has 0 aromatic heterocycles. The lowest BCUT2D eigenvalue weighted by molar-refractivity contribution is -0.125. The summed E-state index contributed by atoms with van der Waals surface area (Å²) in [6.07, 6.45) is 4.18. The number of benzene rings is 1. The first-order valence-corrected chi connectivity index (χ1v) is 8.13. The predicted octanol–water partition coefficient (Wildman–Crippen LogP) is 3.85. The first-order chi connectivity index (χ1) is 10.5. The Morgan fingerprint density at radius 3 is 2.55 bits per heavy atom. The van der Waals surface area contributed by atoms with E-state index in [1.807, 2.05) is 0 Å². The summed E-state index contributed by atoms with van der Waals surface area (Å²) in [5.74, 6) is -0.190. The van der Waals surface area contributed by atoms with E-state index in [9.17, 15) is 9.59 Å². The van der Waals surface area contributed by atoms with Crippen LogP contribution in [0.5, 0.6) is 0 Å². The van der Waals surface area contributed by atoms with Gasteiger partial charge in [0, 0.05) is 11.1 Å². The topological polar surface area (TPSA) is 55.4 Å². The van der Waals surface area contributed by atoms with Gasteiger partial charge in [-0.25, -0.2) is 4.79 Å². The van der Waals surface area contributed by atoms with E-state index in [4.69, 9.17) is 27.9 Å². The second kappa shape index (κ2) is 7.84. The van der Waals surface area contributed by atoms with Crippen molar-refractivity contribution in [2.75, 3.05) is 6.61 Å². The lowest BCUT2D eigenvalue weighted by Crippen LogP contribution is -2.39. The fourth-order valence-corrected chi connectivity index (χ4v) is 3.02. The van der Waals surface area contributed by atoms with E-state index in [0.29, 0.717) is 5.02 Å². The van der Waals surface area contributed by atoms with Crippen LogP contribution in [0.3, 0.4) is 0 Å². The molecule has 1 aromatic rings. The summed E-state index contributed by atoms with van der Waals surface area (Å²) < 4.78 is 4.99. The molecule has 1 fully saturated rings. The number of hydrogen-bond acceptors (Lipinski definition) is 3. The highest BCUT2D eigenvalue weighted by Gasteiger charge is 2.20. The molecule has 0 saturated heterocycles. The third kappa shape index (κ3) is 4.89. The van der Waals surface area contributed by atoms with Crippen molar-refractivity contribution in [2.45, 2.75) is 38.6 Å². The Kier molecular flexibility index (Phi) is 6.09. The fraction of sp³-hybridized carbons (Fsp3) is 0.500. The highest BCUT2D eigenvalue weighted by molar-refractivity contribution is 6.36. The van der Waals surface area contributed by atoms with Gasteiger partial charge in [-0.1, -0.05) is 30.1 Å². The van der Waals surface area contributed by atoms with Crippen molar-refractivity contribution in [3.05, 3.63) is 33.8 Å². The molecule has 4 nitrogen and oxygen atoms in total. The monoisotopic (exact) mass is 343 g/mol. The Hall–Kier alpha value is -1.26. The van der Waals surface area contributed by atoms with Crippen LogP contribution in [0.4, 0.5) is 0 Å². The second-order valence-corrected chi connectivity index (χ2v) is 6.57. The van der Waals surface area contributed by atoms with Crippen LogP contribution < -0.4 is 5.32 Å². The van der Waals surface area contributed by atoms with Crippen LogP contribution in [-0.2, 0) is 9.53 Å². The van der Waals surface area contributed by atoms with Crippen LogP contribution >= 0.6 is 23.2 Å². The van der Waals surface area contributed by atoms with Crippen LogP contribution in [0.1, 0.15) is 43.0 Å². The maximum Gasteiger partial charge on any atom is 0.340 e. The van der Waals surface area contributed by atoms with Gasteiger partial charge in [0.1, 0.15) is 0 Å². The fourth-order valence-electron chi connectivity index (χ4n) is 2.54. The van der Waals surface area contributed by atoms with Crippen LogP contribution in [0.25, 0.3) is 0 Å². The number of carbonyl (C=O) groups excluding carboxylic acids is 2. The number of esters is 1. The van der Waals surface area contributed by atoms with E-state index >= 15 is 0 Å².